The molecule has 0 aromatic heterocycles. The van der Waals surface area contributed by atoms with Gasteiger partial charge in [0.05, 0.1) is 0 Å². The van der Waals surface area contributed by atoms with E-state index in [0.29, 0.717) is 0 Å². The highest BCUT2D eigenvalue weighted by molar-refractivity contribution is 7.80. The molecule has 0 saturated carbocycles. The third kappa shape index (κ3) is 5.26. The molecule has 0 N–H and O–H groups in total. The van der Waals surface area contributed by atoms with E-state index in [2.05, 4.69) is 31.4 Å². The van der Waals surface area contributed by atoms with Gasteiger partial charge in [0.2, 0.25) is 0 Å². The van der Waals surface area contributed by atoms with E-state index in [4.69, 9.17) is 0 Å². The summed E-state index contributed by atoms with van der Waals surface area (Å²) in [6.45, 7) is 8.67. The lowest BCUT2D eigenvalue weighted by Crippen LogP contribution is -2.34. The van der Waals surface area contributed by atoms with Crippen LogP contribution in [0.5, 0.6) is 0 Å². The average Bonchev–Trinajstić information content (AvgIpc) is 2.27. The first-order chi connectivity index (χ1) is 7.26. The first-order valence-corrected chi connectivity index (χ1v) is 7.22. The molecule has 1 nitrogen and oxygen atoms in total. The molecule has 15 heavy (non-hydrogen) atoms. The smallest absolute Gasteiger partial charge is 0.00161 e. The average molecular weight is 229 g/mol. The first-order valence-electron chi connectivity index (χ1n) is 6.59. The molecule has 1 fully saturated rings. The number of hydrogen-bond donors (Lipinski definition) is 1. The summed E-state index contributed by atoms with van der Waals surface area (Å²) in [7, 11) is 0. The maximum Gasteiger partial charge on any atom is -0.00161 e. The van der Waals surface area contributed by atoms with Gasteiger partial charge in [-0.1, -0.05) is 20.3 Å². The Morgan fingerprint density at radius 1 is 1.27 bits per heavy atom. The Morgan fingerprint density at radius 2 is 1.93 bits per heavy atom. The van der Waals surface area contributed by atoms with E-state index in [9.17, 15) is 0 Å². The molecular weight excluding hydrogens is 202 g/mol. The molecule has 2 heteroatoms. The van der Waals surface area contributed by atoms with Gasteiger partial charge in [-0.25, -0.2) is 0 Å². The van der Waals surface area contributed by atoms with Gasteiger partial charge in [0.1, 0.15) is 0 Å². The lowest BCUT2D eigenvalue weighted by molar-refractivity contribution is 0.173. The van der Waals surface area contributed by atoms with Crippen LogP contribution in [0.15, 0.2) is 0 Å². The molecule has 1 saturated heterocycles. The number of thiol groups is 1. The molecule has 1 unspecified atom stereocenters. The Hall–Kier alpha value is 0.310. The van der Waals surface area contributed by atoms with Gasteiger partial charge in [0, 0.05) is 0 Å². The molecule has 0 bridgehead atoms. The van der Waals surface area contributed by atoms with Crippen LogP contribution in [0.4, 0.5) is 0 Å². The third-order valence-corrected chi connectivity index (χ3v) is 4.10. The maximum atomic E-state index is 4.29. The lowest BCUT2D eigenvalue weighted by atomic mass is 9.94. The number of nitrogens with zero attached hydrogens (tertiary/aromatic N) is 1. The van der Waals surface area contributed by atoms with E-state index in [-0.39, 0.29) is 0 Å². The van der Waals surface area contributed by atoms with E-state index in [1.807, 2.05) is 0 Å². The molecule has 0 radical (unpaired) electrons. The Labute approximate surface area is 101 Å². The van der Waals surface area contributed by atoms with Gasteiger partial charge >= 0.3 is 0 Å². The van der Waals surface area contributed by atoms with Crippen molar-refractivity contribution in [2.75, 3.05) is 25.4 Å². The minimum atomic E-state index is 0.853. The predicted molar refractivity (Wildman–Crippen MR) is 71.7 cm³/mol. The van der Waals surface area contributed by atoms with Crippen molar-refractivity contribution in [1.82, 2.24) is 4.90 Å². The minimum Gasteiger partial charge on any atom is -0.303 e. The van der Waals surface area contributed by atoms with Gasteiger partial charge in [-0.2, -0.15) is 12.6 Å². The monoisotopic (exact) mass is 229 g/mol. The van der Waals surface area contributed by atoms with Crippen molar-refractivity contribution in [2.24, 2.45) is 11.8 Å². The molecular formula is C13H27NS. The van der Waals surface area contributed by atoms with Crippen molar-refractivity contribution < 1.29 is 0 Å². The summed E-state index contributed by atoms with van der Waals surface area (Å²) in [5, 5.41) is 0. The summed E-state index contributed by atoms with van der Waals surface area (Å²) in [6.07, 6.45) is 6.87. The lowest BCUT2D eigenvalue weighted by Gasteiger charge is -2.32. The van der Waals surface area contributed by atoms with E-state index < -0.39 is 0 Å². The van der Waals surface area contributed by atoms with Gasteiger partial charge in [0.15, 0.2) is 0 Å². The highest BCUT2D eigenvalue weighted by Gasteiger charge is 2.17. The second-order valence-corrected chi connectivity index (χ2v) is 5.55. The molecule has 1 atom stereocenters. The van der Waals surface area contributed by atoms with E-state index in [1.165, 1.54) is 51.7 Å². The molecule has 1 aliphatic rings. The molecule has 90 valence electrons. The second kappa shape index (κ2) is 7.56. The zero-order valence-electron chi connectivity index (χ0n) is 10.4. The summed E-state index contributed by atoms with van der Waals surface area (Å²) >= 11 is 4.29. The predicted octanol–water partition coefficient (Wildman–Crippen LogP) is 3.45. The van der Waals surface area contributed by atoms with Crippen molar-refractivity contribution in [3.8, 4) is 0 Å². The zero-order valence-corrected chi connectivity index (χ0v) is 11.3. The van der Waals surface area contributed by atoms with Gasteiger partial charge in [0.25, 0.3) is 0 Å². The van der Waals surface area contributed by atoms with Crippen molar-refractivity contribution in [3.05, 3.63) is 0 Å². The summed E-state index contributed by atoms with van der Waals surface area (Å²) in [6, 6.07) is 0. The molecule has 0 aliphatic carbocycles. The Bertz CT molecular complexity index is 153. The van der Waals surface area contributed by atoms with Crippen molar-refractivity contribution in [2.45, 2.75) is 46.0 Å². The number of hydrogen-bond acceptors (Lipinski definition) is 2. The van der Waals surface area contributed by atoms with Gasteiger partial charge < -0.3 is 4.90 Å². The van der Waals surface area contributed by atoms with Crippen LogP contribution in [0.2, 0.25) is 0 Å². The summed E-state index contributed by atoms with van der Waals surface area (Å²) in [4.78, 5) is 2.65. The summed E-state index contributed by atoms with van der Waals surface area (Å²) in [5.74, 6) is 2.90. The zero-order chi connectivity index (χ0) is 11.1. The molecule has 1 aliphatic heterocycles. The number of likely N-dealkylation sites (tertiary alicyclic amines) is 1. The molecule has 0 amide bonds. The molecule has 1 heterocycles. The summed E-state index contributed by atoms with van der Waals surface area (Å²) in [5.41, 5.74) is 0. The fraction of sp³-hybridized carbons (Fsp3) is 1.00. The molecule has 0 spiro atoms. The molecule has 0 aromatic carbocycles. The van der Waals surface area contributed by atoms with Crippen molar-refractivity contribution in [1.29, 1.82) is 0 Å². The largest absolute Gasteiger partial charge is 0.303 e. The Morgan fingerprint density at radius 3 is 2.47 bits per heavy atom. The van der Waals surface area contributed by atoms with Crippen LogP contribution in [0.3, 0.4) is 0 Å². The SMILES string of the molecule is CCC1CCN(CCC(C)CCS)CC1. The quantitative estimate of drug-likeness (QED) is 0.683. The first kappa shape index (κ1) is 13.4. The minimum absolute atomic E-state index is 0.853. The van der Waals surface area contributed by atoms with Crippen molar-refractivity contribution in [3.63, 3.8) is 0 Å². The van der Waals surface area contributed by atoms with Gasteiger partial charge in [-0.3, -0.25) is 0 Å². The third-order valence-electron chi connectivity index (χ3n) is 3.84. The fourth-order valence-electron chi connectivity index (χ4n) is 2.39. The fourth-order valence-corrected chi connectivity index (χ4v) is 2.83. The van der Waals surface area contributed by atoms with Crippen molar-refractivity contribution >= 4 is 12.6 Å². The molecule has 0 aromatic rings. The second-order valence-electron chi connectivity index (χ2n) is 5.10. The molecule has 1 rings (SSSR count). The number of piperidine rings is 1. The Balaban J connectivity index is 2.08. The topological polar surface area (TPSA) is 3.24 Å². The van der Waals surface area contributed by atoms with Crippen LogP contribution in [-0.2, 0) is 0 Å². The van der Waals surface area contributed by atoms with Crippen LogP contribution in [0.1, 0.15) is 46.0 Å². The van der Waals surface area contributed by atoms with Crippen LogP contribution in [0, 0.1) is 11.8 Å². The van der Waals surface area contributed by atoms with Crippen LogP contribution in [0.25, 0.3) is 0 Å². The van der Waals surface area contributed by atoms with Crippen LogP contribution < -0.4 is 0 Å². The Kier molecular flexibility index (Phi) is 6.74. The number of rotatable bonds is 6. The normalized spacial score (nSPS) is 21.8. The van der Waals surface area contributed by atoms with Crippen LogP contribution >= 0.6 is 12.6 Å². The van der Waals surface area contributed by atoms with Crippen LogP contribution in [-0.4, -0.2) is 30.3 Å². The van der Waals surface area contributed by atoms with Gasteiger partial charge in [-0.15, -0.1) is 0 Å². The summed E-state index contributed by atoms with van der Waals surface area (Å²) < 4.78 is 0. The maximum absolute atomic E-state index is 4.29. The van der Waals surface area contributed by atoms with E-state index in [1.54, 1.807) is 0 Å². The van der Waals surface area contributed by atoms with E-state index >= 15 is 0 Å². The van der Waals surface area contributed by atoms with Gasteiger partial charge in [-0.05, 0) is 62.9 Å². The highest BCUT2D eigenvalue weighted by Crippen LogP contribution is 2.20. The standard InChI is InChI=1S/C13H27NS/c1-3-13-5-9-14(10-6-13)8-4-12(2)7-11-15/h12-13,15H,3-11H2,1-2H3. The highest BCUT2D eigenvalue weighted by atomic mass is 32.1. The van der Waals surface area contributed by atoms with E-state index in [0.717, 1.165) is 17.6 Å².